The van der Waals surface area contributed by atoms with E-state index in [4.69, 9.17) is 0 Å². The Morgan fingerprint density at radius 1 is 1.22 bits per heavy atom. The number of hydrogen-bond acceptors (Lipinski definition) is 2. The largest absolute Gasteiger partial charge is 0.394 e. The van der Waals surface area contributed by atoms with Gasteiger partial charge in [0, 0.05) is 0 Å². The maximum atomic E-state index is 12.3. The molecule has 0 bridgehead atoms. The van der Waals surface area contributed by atoms with Gasteiger partial charge in [0.1, 0.15) is 0 Å². The first-order chi connectivity index (χ1) is 8.45. The van der Waals surface area contributed by atoms with Crippen LogP contribution in [0, 0.1) is 5.92 Å². The maximum Gasteiger partial charge on any atom is 0.391 e. The molecular weight excluding hydrogens is 243 g/mol. The van der Waals surface area contributed by atoms with Crippen LogP contribution in [0.15, 0.2) is 30.3 Å². The molecule has 0 aliphatic heterocycles. The molecule has 18 heavy (non-hydrogen) atoms. The Balaban J connectivity index is 2.42. The van der Waals surface area contributed by atoms with Crippen molar-refractivity contribution >= 4 is 0 Å². The van der Waals surface area contributed by atoms with E-state index in [-0.39, 0.29) is 25.6 Å². The van der Waals surface area contributed by atoms with Gasteiger partial charge in [-0.2, -0.15) is 13.2 Å². The van der Waals surface area contributed by atoms with Crippen LogP contribution < -0.4 is 5.32 Å². The SMILES string of the molecule is CC(CCN[C@@H](CO)c1ccccc1)C(F)(F)F. The molecule has 0 saturated heterocycles. The van der Waals surface area contributed by atoms with Gasteiger partial charge in [-0.3, -0.25) is 0 Å². The summed E-state index contributed by atoms with van der Waals surface area (Å²) in [7, 11) is 0. The molecule has 2 nitrogen and oxygen atoms in total. The summed E-state index contributed by atoms with van der Waals surface area (Å²) < 4.78 is 36.9. The van der Waals surface area contributed by atoms with Crippen LogP contribution >= 0.6 is 0 Å². The van der Waals surface area contributed by atoms with Gasteiger partial charge in [-0.25, -0.2) is 0 Å². The molecule has 1 rings (SSSR count). The third kappa shape index (κ3) is 4.66. The lowest BCUT2D eigenvalue weighted by Gasteiger charge is -2.19. The van der Waals surface area contributed by atoms with Crippen molar-refractivity contribution in [1.82, 2.24) is 5.32 Å². The number of alkyl halides is 3. The molecule has 102 valence electrons. The first kappa shape index (κ1) is 15.0. The molecule has 0 heterocycles. The highest BCUT2D eigenvalue weighted by molar-refractivity contribution is 5.18. The number of halogens is 3. The van der Waals surface area contributed by atoms with Crippen molar-refractivity contribution in [2.24, 2.45) is 5.92 Å². The van der Waals surface area contributed by atoms with Crippen LogP contribution in [0.4, 0.5) is 13.2 Å². The zero-order valence-electron chi connectivity index (χ0n) is 10.2. The summed E-state index contributed by atoms with van der Waals surface area (Å²) in [6.45, 7) is 1.25. The summed E-state index contributed by atoms with van der Waals surface area (Å²) >= 11 is 0. The van der Waals surface area contributed by atoms with Crippen molar-refractivity contribution in [3.05, 3.63) is 35.9 Å². The fourth-order valence-electron chi connectivity index (χ4n) is 1.61. The minimum Gasteiger partial charge on any atom is -0.394 e. The quantitative estimate of drug-likeness (QED) is 0.825. The molecule has 0 amide bonds. The minimum absolute atomic E-state index is 0.00678. The van der Waals surface area contributed by atoms with Gasteiger partial charge in [0.2, 0.25) is 0 Å². The van der Waals surface area contributed by atoms with Crippen molar-refractivity contribution in [3.63, 3.8) is 0 Å². The van der Waals surface area contributed by atoms with E-state index in [9.17, 15) is 18.3 Å². The molecule has 0 radical (unpaired) electrons. The highest BCUT2D eigenvalue weighted by Crippen LogP contribution is 2.27. The van der Waals surface area contributed by atoms with Crippen molar-refractivity contribution in [3.8, 4) is 0 Å². The summed E-state index contributed by atoms with van der Waals surface area (Å²) in [5.41, 5.74) is 0.875. The van der Waals surface area contributed by atoms with Gasteiger partial charge in [-0.15, -0.1) is 0 Å². The Kier molecular flexibility index (Phi) is 5.62. The minimum atomic E-state index is -4.15. The number of hydrogen-bond donors (Lipinski definition) is 2. The first-order valence-corrected chi connectivity index (χ1v) is 5.91. The lowest BCUT2D eigenvalue weighted by atomic mass is 10.1. The zero-order valence-corrected chi connectivity index (χ0v) is 10.2. The molecule has 0 aliphatic carbocycles. The fourth-order valence-corrected chi connectivity index (χ4v) is 1.61. The molecule has 0 fully saturated rings. The summed E-state index contributed by atoms with van der Waals surface area (Å²) in [5, 5.41) is 12.2. The Morgan fingerprint density at radius 2 is 1.83 bits per heavy atom. The van der Waals surface area contributed by atoms with Crippen molar-refractivity contribution in [2.75, 3.05) is 13.2 Å². The second-order valence-electron chi connectivity index (χ2n) is 4.33. The number of aliphatic hydroxyl groups is 1. The van der Waals surface area contributed by atoms with Gasteiger partial charge in [0.15, 0.2) is 0 Å². The van der Waals surface area contributed by atoms with Crippen LogP contribution in [-0.2, 0) is 0 Å². The van der Waals surface area contributed by atoms with Crippen LogP contribution in [0.3, 0.4) is 0 Å². The summed E-state index contributed by atoms with van der Waals surface area (Å²) in [4.78, 5) is 0. The van der Waals surface area contributed by atoms with Crippen LogP contribution in [0.5, 0.6) is 0 Å². The molecule has 2 N–H and O–H groups in total. The van der Waals surface area contributed by atoms with Crippen molar-refractivity contribution in [2.45, 2.75) is 25.6 Å². The molecule has 1 aromatic rings. The number of rotatable bonds is 6. The van der Waals surface area contributed by atoms with E-state index in [0.717, 1.165) is 12.5 Å². The van der Waals surface area contributed by atoms with Crippen LogP contribution in [0.25, 0.3) is 0 Å². The number of aliphatic hydroxyl groups excluding tert-OH is 1. The normalized spacial score (nSPS) is 15.4. The summed E-state index contributed by atoms with van der Waals surface area (Å²) in [5.74, 6) is -1.33. The molecular formula is C13H18F3NO. The smallest absolute Gasteiger partial charge is 0.391 e. The standard InChI is InChI=1S/C13H18F3NO/c1-10(13(14,15)16)7-8-17-12(9-18)11-5-3-2-4-6-11/h2-6,10,12,17-18H,7-9H2,1H3/t10?,12-/m0/s1. The van der Waals surface area contributed by atoms with Crippen molar-refractivity contribution < 1.29 is 18.3 Å². The van der Waals surface area contributed by atoms with Gasteiger partial charge in [0.05, 0.1) is 18.6 Å². The summed E-state index contributed by atoms with van der Waals surface area (Å²) in [6.07, 6.45) is -4.14. The van der Waals surface area contributed by atoms with Crippen LogP contribution in [0.2, 0.25) is 0 Å². The highest BCUT2D eigenvalue weighted by atomic mass is 19.4. The van der Waals surface area contributed by atoms with E-state index >= 15 is 0 Å². The molecule has 1 unspecified atom stereocenters. The first-order valence-electron chi connectivity index (χ1n) is 5.91. The van der Waals surface area contributed by atoms with E-state index in [1.807, 2.05) is 30.3 Å². The molecule has 0 aliphatic rings. The molecule has 2 atom stereocenters. The third-order valence-electron chi connectivity index (χ3n) is 2.91. The lowest BCUT2D eigenvalue weighted by molar-refractivity contribution is -0.170. The third-order valence-corrected chi connectivity index (χ3v) is 2.91. The van der Waals surface area contributed by atoms with E-state index in [1.54, 1.807) is 0 Å². The molecule has 0 saturated carbocycles. The Labute approximate surface area is 105 Å². The Morgan fingerprint density at radius 3 is 2.33 bits per heavy atom. The maximum absolute atomic E-state index is 12.3. The lowest BCUT2D eigenvalue weighted by Crippen LogP contribution is -2.29. The topological polar surface area (TPSA) is 32.3 Å². The molecule has 1 aromatic carbocycles. The van der Waals surface area contributed by atoms with E-state index < -0.39 is 12.1 Å². The fraction of sp³-hybridized carbons (Fsp3) is 0.538. The van der Waals surface area contributed by atoms with Crippen LogP contribution in [-0.4, -0.2) is 24.4 Å². The Bertz CT molecular complexity index is 340. The molecule has 5 heteroatoms. The molecule has 0 aromatic heterocycles. The molecule has 0 spiro atoms. The average Bonchev–Trinajstić information content (AvgIpc) is 2.34. The van der Waals surface area contributed by atoms with E-state index in [2.05, 4.69) is 5.32 Å². The summed E-state index contributed by atoms with van der Waals surface area (Å²) in [6, 6.07) is 8.87. The predicted octanol–water partition coefficient (Wildman–Crippen LogP) is 2.90. The van der Waals surface area contributed by atoms with Crippen molar-refractivity contribution in [1.29, 1.82) is 0 Å². The van der Waals surface area contributed by atoms with E-state index in [0.29, 0.717) is 0 Å². The second kappa shape index (κ2) is 6.75. The monoisotopic (exact) mass is 261 g/mol. The number of nitrogens with one attached hydrogen (secondary N) is 1. The van der Waals surface area contributed by atoms with Gasteiger partial charge >= 0.3 is 6.18 Å². The Hall–Kier alpha value is -1.07. The highest BCUT2D eigenvalue weighted by Gasteiger charge is 2.35. The van der Waals surface area contributed by atoms with Gasteiger partial charge < -0.3 is 10.4 Å². The van der Waals surface area contributed by atoms with Gasteiger partial charge in [-0.05, 0) is 18.5 Å². The second-order valence-corrected chi connectivity index (χ2v) is 4.33. The van der Waals surface area contributed by atoms with Gasteiger partial charge in [-0.1, -0.05) is 37.3 Å². The number of benzene rings is 1. The average molecular weight is 261 g/mol. The van der Waals surface area contributed by atoms with E-state index in [1.165, 1.54) is 0 Å². The van der Waals surface area contributed by atoms with Gasteiger partial charge in [0.25, 0.3) is 0 Å². The van der Waals surface area contributed by atoms with Crippen LogP contribution in [0.1, 0.15) is 24.9 Å². The predicted molar refractivity (Wildman–Crippen MR) is 64.1 cm³/mol. The zero-order chi connectivity index (χ0) is 13.6.